The van der Waals surface area contributed by atoms with Crippen molar-refractivity contribution in [1.82, 2.24) is 19.8 Å². The Hall–Kier alpha value is -2.70. The van der Waals surface area contributed by atoms with Crippen molar-refractivity contribution in [1.29, 1.82) is 0 Å². The van der Waals surface area contributed by atoms with Gasteiger partial charge in [-0.3, -0.25) is 14.5 Å². The molecule has 0 saturated heterocycles. The summed E-state index contributed by atoms with van der Waals surface area (Å²) in [5.41, 5.74) is 3.44. The van der Waals surface area contributed by atoms with E-state index in [-0.39, 0.29) is 5.91 Å². The molecule has 3 heterocycles. The Balaban J connectivity index is 1.83. The van der Waals surface area contributed by atoms with Crippen LogP contribution in [0.2, 0.25) is 0 Å². The molecule has 1 atom stereocenters. The summed E-state index contributed by atoms with van der Waals surface area (Å²) in [7, 11) is 0. The maximum atomic E-state index is 12.5. The van der Waals surface area contributed by atoms with Crippen LogP contribution in [0.5, 0.6) is 0 Å². The zero-order valence-corrected chi connectivity index (χ0v) is 11.4. The predicted molar refractivity (Wildman–Crippen MR) is 74.2 cm³/mol. The van der Waals surface area contributed by atoms with Gasteiger partial charge in [-0.05, 0) is 30.4 Å². The molecule has 1 N–H and O–H groups in total. The Morgan fingerprint density at radius 3 is 3.24 bits per heavy atom. The SMILES string of the molecule is CC1CCc2c1cc(C(=O)Nc1ccno1)c1nncn21. The Bertz CT molecular complexity index is 821. The van der Waals surface area contributed by atoms with Crippen LogP contribution in [0.25, 0.3) is 5.65 Å². The van der Waals surface area contributed by atoms with Crippen molar-refractivity contribution >= 4 is 17.4 Å². The number of nitrogens with one attached hydrogen (secondary N) is 1. The molecular formula is C14H13N5O2. The number of amides is 1. The lowest BCUT2D eigenvalue weighted by Crippen LogP contribution is -2.14. The number of aromatic nitrogens is 4. The second-order valence-corrected chi connectivity index (χ2v) is 5.26. The van der Waals surface area contributed by atoms with Crippen molar-refractivity contribution in [3.8, 4) is 0 Å². The standard InChI is InChI=1S/C14H13N5O2/c1-8-2-3-11-9(8)6-10(13-18-15-7-19(11)13)14(20)17-12-4-5-16-21-12/h4-8H,2-3H2,1H3,(H,17,20). The molecule has 1 aliphatic rings. The zero-order valence-electron chi connectivity index (χ0n) is 11.4. The summed E-state index contributed by atoms with van der Waals surface area (Å²) < 4.78 is 6.82. The van der Waals surface area contributed by atoms with E-state index >= 15 is 0 Å². The molecule has 106 valence electrons. The van der Waals surface area contributed by atoms with Gasteiger partial charge in [-0.2, -0.15) is 0 Å². The molecule has 3 aromatic rings. The predicted octanol–water partition coefficient (Wildman–Crippen LogP) is 2.02. The molecule has 4 rings (SSSR count). The average molecular weight is 283 g/mol. The highest BCUT2D eigenvalue weighted by molar-refractivity contribution is 6.07. The van der Waals surface area contributed by atoms with Crippen molar-refractivity contribution in [2.75, 3.05) is 5.32 Å². The van der Waals surface area contributed by atoms with E-state index in [9.17, 15) is 4.79 Å². The molecule has 0 radical (unpaired) electrons. The number of carbonyl (C=O) groups excluding carboxylic acids is 1. The summed E-state index contributed by atoms with van der Waals surface area (Å²) in [5.74, 6) is 0.474. The highest BCUT2D eigenvalue weighted by atomic mass is 16.5. The van der Waals surface area contributed by atoms with Crippen molar-refractivity contribution in [3.63, 3.8) is 0 Å². The topological polar surface area (TPSA) is 85.3 Å². The van der Waals surface area contributed by atoms with Crippen LogP contribution in [0.4, 0.5) is 5.88 Å². The Labute approximate surface area is 120 Å². The van der Waals surface area contributed by atoms with Crippen LogP contribution in [-0.2, 0) is 6.42 Å². The molecule has 0 bridgehead atoms. The molecule has 21 heavy (non-hydrogen) atoms. The maximum Gasteiger partial charge on any atom is 0.261 e. The van der Waals surface area contributed by atoms with E-state index in [1.165, 1.54) is 17.5 Å². The third-order valence-electron chi connectivity index (χ3n) is 3.98. The smallest absolute Gasteiger partial charge is 0.261 e. The Morgan fingerprint density at radius 1 is 1.52 bits per heavy atom. The van der Waals surface area contributed by atoms with E-state index in [2.05, 4.69) is 27.6 Å². The lowest BCUT2D eigenvalue weighted by molar-refractivity contribution is 0.102. The van der Waals surface area contributed by atoms with Gasteiger partial charge in [-0.1, -0.05) is 12.1 Å². The minimum absolute atomic E-state index is 0.272. The summed E-state index contributed by atoms with van der Waals surface area (Å²) in [6.45, 7) is 2.17. The Kier molecular flexibility index (Phi) is 2.53. The molecule has 1 amide bonds. The third-order valence-corrected chi connectivity index (χ3v) is 3.98. The number of nitrogens with zero attached hydrogens (tertiary/aromatic N) is 4. The molecular weight excluding hydrogens is 270 g/mol. The van der Waals surface area contributed by atoms with Crippen LogP contribution < -0.4 is 5.32 Å². The number of pyridine rings is 1. The van der Waals surface area contributed by atoms with Crippen LogP contribution >= 0.6 is 0 Å². The van der Waals surface area contributed by atoms with Crippen LogP contribution in [0.15, 0.2) is 29.2 Å². The van der Waals surface area contributed by atoms with E-state index in [1.807, 2.05) is 10.5 Å². The molecule has 0 aliphatic heterocycles. The molecule has 0 fully saturated rings. The first-order valence-corrected chi connectivity index (χ1v) is 6.81. The van der Waals surface area contributed by atoms with Crippen LogP contribution in [-0.4, -0.2) is 25.7 Å². The number of rotatable bonds is 2. The minimum atomic E-state index is -0.272. The molecule has 7 heteroatoms. The third kappa shape index (κ3) is 1.81. The number of hydrogen-bond acceptors (Lipinski definition) is 5. The van der Waals surface area contributed by atoms with E-state index < -0.39 is 0 Å². The number of anilines is 1. The summed E-state index contributed by atoms with van der Waals surface area (Å²) in [4.78, 5) is 12.5. The van der Waals surface area contributed by atoms with Gasteiger partial charge in [0.15, 0.2) is 5.65 Å². The molecule has 0 spiro atoms. The van der Waals surface area contributed by atoms with E-state index in [1.54, 1.807) is 12.4 Å². The number of carbonyl (C=O) groups is 1. The lowest BCUT2D eigenvalue weighted by atomic mass is 10.0. The number of aryl methyl sites for hydroxylation is 1. The fraction of sp³-hybridized carbons (Fsp3) is 0.286. The first kappa shape index (κ1) is 12.1. The molecule has 7 nitrogen and oxygen atoms in total. The second-order valence-electron chi connectivity index (χ2n) is 5.26. The molecule has 0 saturated carbocycles. The minimum Gasteiger partial charge on any atom is -0.338 e. The molecule has 1 aliphatic carbocycles. The highest BCUT2D eigenvalue weighted by Crippen LogP contribution is 2.34. The van der Waals surface area contributed by atoms with Gasteiger partial charge in [0.1, 0.15) is 6.33 Å². The van der Waals surface area contributed by atoms with Crippen LogP contribution in [0.1, 0.15) is 40.9 Å². The van der Waals surface area contributed by atoms with E-state index in [0.717, 1.165) is 12.8 Å². The summed E-state index contributed by atoms with van der Waals surface area (Å²) in [5, 5.41) is 14.3. The first-order chi connectivity index (χ1) is 10.2. The largest absolute Gasteiger partial charge is 0.338 e. The quantitative estimate of drug-likeness (QED) is 0.777. The van der Waals surface area contributed by atoms with Crippen molar-refractivity contribution in [3.05, 3.63) is 41.5 Å². The number of hydrogen-bond donors (Lipinski definition) is 1. The van der Waals surface area contributed by atoms with Gasteiger partial charge >= 0.3 is 0 Å². The molecule has 3 aromatic heterocycles. The summed E-state index contributed by atoms with van der Waals surface area (Å²) in [6, 6.07) is 3.51. The van der Waals surface area contributed by atoms with Crippen LogP contribution in [0.3, 0.4) is 0 Å². The van der Waals surface area contributed by atoms with Crippen molar-refractivity contribution in [2.24, 2.45) is 0 Å². The maximum absolute atomic E-state index is 12.5. The van der Waals surface area contributed by atoms with E-state index in [4.69, 9.17) is 4.52 Å². The van der Waals surface area contributed by atoms with Gasteiger partial charge in [0.25, 0.3) is 5.91 Å². The van der Waals surface area contributed by atoms with Gasteiger partial charge in [0.2, 0.25) is 5.88 Å². The zero-order chi connectivity index (χ0) is 14.4. The normalized spacial score (nSPS) is 17.1. The highest BCUT2D eigenvalue weighted by Gasteiger charge is 2.25. The fourth-order valence-corrected chi connectivity index (χ4v) is 2.89. The van der Waals surface area contributed by atoms with Gasteiger partial charge in [-0.15, -0.1) is 10.2 Å². The average Bonchev–Trinajstić information content (AvgIpc) is 3.18. The van der Waals surface area contributed by atoms with Gasteiger partial charge in [0.05, 0.1) is 11.8 Å². The van der Waals surface area contributed by atoms with Gasteiger partial charge in [0, 0.05) is 11.8 Å². The van der Waals surface area contributed by atoms with Gasteiger partial charge < -0.3 is 4.52 Å². The Morgan fingerprint density at radius 2 is 2.43 bits per heavy atom. The van der Waals surface area contributed by atoms with Crippen molar-refractivity contribution < 1.29 is 9.32 Å². The number of fused-ring (bicyclic) bond motifs is 3. The van der Waals surface area contributed by atoms with E-state index in [0.29, 0.717) is 23.0 Å². The van der Waals surface area contributed by atoms with Gasteiger partial charge in [-0.25, -0.2) is 0 Å². The lowest BCUT2D eigenvalue weighted by Gasteiger charge is -2.10. The summed E-state index contributed by atoms with van der Waals surface area (Å²) >= 11 is 0. The molecule has 0 aromatic carbocycles. The first-order valence-electron chi connectivity index (χ1n) is 6.81. The van der Waals surface area contributed by atoms with Crippen LogP contribution in [0, 0.1) is 0 Å². The molecule has 1 unspecified atom stereocenters. The van der Waals surface area contributed by atoms with Crippen molar-refractivity contribution in [2.45, 2.75) is 25.7 Å². The second kappa shape index (κ2) is 4.41. The summed E-state index contributed by atoms with van der Waals surface area (Å²) in [6.07, 6.45) is 5.20. The monoisotopic (exact) mass is 283 g/mol. The fourth-order valence-electron chi connectivity index (χ4n) is 2.89.